The maximum Gasteiger partial charge on any atom is 0.241 e. The quantitative estimate of drug-likeness (QED) is 0.931. The second-order valence-electron chi connectivity index (χ2n) is 6.41. The molecule has 1 fully saturated rings. The number of amides is 1. The topological polar surface area (TPSA) is 32.3 Å². The van der Waals surface area contributed by atoms with Crippen LogP contribution in [0.2, 0.25) is 0 Å². The minimum Gasteiger partial charge on any atom is -0.324 e. The van der Waals surface area contributed by atoms with Crippen LogP contribution >= 0.6 is 0 Å². The van der Waals surface area contributed by atoms with Crippen molar-refractivity contribution in [2.24, 2.45) is 5.92 Å². The summed E-state index contributed by atoms with van der Waals surface area (Å²) in [5.74, 6) is 0.871. The number of carbonyl (C=O) groups is 1. The van der Waals surface area contributed by atoms with Crippen molar-refractivity contribution in [2.45, 2.75) is 32.7 Å². The average molecular weight is 296 g/mol. The summed E-state index contributed by atoms with van der Waals surface area (Å²) < 4.78 is 0. The van der Waals surface area contributed by atoms with Crippen molar-refractivity contribution >= 4 is 22.4 Å². The fraction of sp³-hybridized carbons (Fsp3) is 0.421. The molecule has 0 bridgehead atoms. The van der Waals surface area contributed by atoms with Gasteiger partial charge in [-0.25, -0.2) is 0 Å². The Kier molecular flexibility index (Phi) is 4.44. The smallest absolute Gasteiger partial charge is 0.241 e. The fourth-order valence-corrected chi connectivity index (χ4v) is 3.15. The normalized spacial score (nSPS) is 18.3. The molecular weight excluding hydrogens is 272 g/mol. The van der Waals surface area contributed by atoms with Crippen molar-refractivity contribution in [2.75, 3.05) is 18.4 Å². The molecule has 0 aromatic heterocycles. The van der Waals surface area contributed by atoms with Gasteiger partial charge in [0.2, 0.25) is 5.91 Å². The van der Waals surface area contributed by atoms with Crippen LogP contribution in [0.1, 0.15) is 26.7 Å². The van der Waals surface area contributed by atoms with Crippen LogP contribution in [0.25, 0.3) is 10.8 Å². The summed E-state index contributed by atoms with van der Waals surface area (Å²) in [6.45, 7) is 6.34. The van der Waals surface area contributed by atoms with Crippen molar-refractivity contribution in [3.8, 4) is 0 Å². The molecule has 3 nitrogen and oxygen atoms in total. The summed E-state index contributed by atoms with van der Waals surface area (Å²) in [5.41, 5.74) is 0.903. The van der Waals surface area contributed by atoms with E-state index in [0.29, 0.717) is 0 Å². The summed E-state index contributed by atoms with van der Waals surface area (Å²) in [4.78, 5) is 14.9. The molecule has 0 unspecified atom stereocenters. The summed E-state index contributed by atoms with van der Waals surface area (Å²) in [6, 6.07) is 14.1. The van der Waals surface area contributed by atoms with Gasteiger partial charge in [-0.3, -0.25) is 9.69 Å². The van der Waals surface area contributed by atoms with E-state index >= 15 is 0 Å². The van der Waals surface area contributed by atoms with Gasteiger partial charge in [-0.2, -0.15) is 0 Å². The molecular formula is C19H24N2O. The second-order valence-corrected chi connectivity index (χ2v) is 6.41. The lowest BCUT2D eigenvalue weighted by atomic mass is 9.98. The molecule has 1 N–H and O–H groups in total. The van der Waals surface area contributed by atoms with Crippen LogP contribution in [0.15, 0.2) is 42.5 Å². The van der Waals surface area contributed by atoms with Gasteiger partial charge in [-0.1, -0.05) is 43.3 Å². The standard InChI is InChI=1S/C19H24N2O/c1-14-10-12-21(13-11-14)15(2)19(22)20-18-9-5-7-16-6-3-4-8-17(16)18/h3-9,14-15H,10-13H2,1-2H3,(H,20,22)/t15-/m1/s1. The van der Waals surface area contributed by atoms with Crippen LogP contribution < -0.4 is 5.32 Å². The number of nitrogens with one attached hydrogen (secondary N) is 1. The molecule has 1 saturated heterocycles. The summed E-state index contributed by atoms with van der Waals surface area (Å²) in [5, 5.41) is 5.36. The Balaban J connectivity index is 1.73. The van der Waals surface area contributed by atoms with E-state index in [2.05, 4.69) is 35.3 Å². The monoisotopic (exact) mass is 296 g/mol. The Hall–Kier alpha value is -1.87. The third kappa shape index (κ3) is 3.14. The maximum atomic E-state index is 12.6. The van der Waals surface area contributed by atoms with E-state index in [-0.39, 0.29) is 11.9 Å². The summed E-state index contributed by atoms with van der Waals surface area (Å²) >= 11 is 0. The number of likely N-dealkylation sites (tertiary alicyclic amines) is 1. The average Bonchev–Trinajstić information content (AvgIpc) is 2.55. The molecule has 3 rings (SSSR count). The van der Waals surface area contributed by atoms with Crippen molar-refractivity contribution < 1.29 is 4.79 Å². The molecule has 1 atom stereocenters. The van der Waals surface area contributed by atoms with E-state index < -0.39 is 0 Å². The Morgan fingerprint density at radius 2 is 1.82 bits per heavy atom. The number of carbonyl (C=O) groups excluding carboxylic acids is 1. The van der Waals surface area contributed by atoms with Gasteiger partial charge in [0.1, 0.15) is 0 Å². The molecule has 1 aliphatic rings. The molecule has 1 amide bonds. The van der Waals surface area contributed by atoms with Crippen molar-refractivity contribution in [3.63, 3.8) is 0 Å². The van der Waals surface area contributed by atoms with Crippen LogP contribution in [0.5, 0.6) is 0 Å². The number of nitrogens with zero attached hydrogens (tertiary/aromatic N) is 1. The highest BCUT2D eigenvalue weighted by Crippen LogP contribution is 2.24. The minimum absolute atomic E-state index is 0.0773. The Morgan fingerprint density at radius 3 is 2.59 bits per heavy atom. The van der Waals surface area contributed by atoms with Crippen LogP contribution in [-0.2, 0) is 4.79 Å². The van der Waals surface area contributed by atoms with Crippen LogP contribution in [0.4, 0.5) is 5.69 Å². The van der Waals surface area contributed by atoms with E-state index in [9.17, 15) is 4.79 Å². The number of hydrogen-bond donors (Lipinski definition) is 1. The fourth-order valence-electron chi connectivity index (χ4n) is 3.15. The van der Waals surface area contributed by atoms with Crippen molar-refractivity contribution in [3.05, 3.63) is 42.5 Å². The Labute approximate surface area is 132 Å². The predicted octanol–water partition coefficient (Wildman–Crippen LogP) is 3.90. The van der Waals surface area contributed by atoms with Gasteiger partial charge in [0.05, 0.1) is 6.04 Å². The maximum absolute atomic E-state index is 12.6. The third-order valence-electron chi connectivity index (χ3n) is 4.79. The van der Waals surface area contributed by atoms with Gasteiger partial charge in [0, 0.05) is 11.1 Å². The van der Waals surface area contributed by atoms with E-state index in [1.54, 1.807) is 0 Å². The van der Waals surface area contributed by atoms with Crippen LogP contribution in [0.3, 0.4) is 0 Å². The second kappa shape index (κ2) is 6.49. The number of rotatable bonds is 3. The molecule has 1 heterocycles. The Morgan fingerprint density at radius 1 is 1.14 bits per heavy atom. The zero-order valence-electron chi connectivity index (χ0n) is 13.4. The first-order valence-corrected chi connectivity index (χ1v) is 8.18. The van der Waals surface area contributed by atoms with Gasteiger partial charge >= 0.3 is 0 Å². The minimum atomic E-state index is -0.0773. The van der Waals surface area contributed by atoms with Crippen molar-refractivity contribution in [1.82, 2.24) is 4.90 Å². The lowest BCUT2D eigenvalue weighted by Gasteiger charge is -2.34. The number of benzene rings is 2. The van der Waals surface area contributed by atoms with Gasteiger partial charge < -0.3 is 5.32 Å². The lowest BCUT2D eigenvalue weighted by Crippen LogP contribution is -2.45. The first-order valence-electron chi connectivity index (χ1n) is 8.18. The molecule has 2 aromatic carbocycles. The SMILES string of the molecule is CC1CCN([C@H](C)C(=O)Nc2cccc3ccccc23)CC1. The highest BCUT2D eigenvalue weighted by atomic mass is 16.2. The highest BCUT2D eigenvalue weighted by Gasteiger charge is 2.25. The molecule has 22 heavy (non-hydrogen) atoms. The van der Waals surface area contributed by atoms with Gasteiger partial charge in [0.25, 0.3) is 0 Å². The first-order chi connectivity index (χ1) is 10.6. The van der Waals surface area contributed by atoms with E-state index in [1.165, 1.54) is 12.8 Å². The van der Waals surface area contributed by atoms with Gasteiger partial charge in [0.15, 0.2) is 0 Å². The molecule has 0 spiro atoms. The van der Waals surface area contributed by atoms with Crippen LogP contribution in [-0.4, -0.2) is 29.9 Å². The molecule has 0 saturated carbocycles. The number of hydrogen-bond acceptors (Lipinski definition) is 2. The van der Waals surface area contributed by atoms with E-state index in [0.717, 1.165) is 35.5 Å². The van der Waals surface area contributed by atoms with E-state index in [1.807, 2.05) is 31.2 Å². The van der Waals surface area contributed by atoms with Gasteiger partial charge in [-0.05, 0) is 50.2 Å². The summed E-state index contributed by atoms with van der Waals surface area (Å²) in [6.07, 6.45) is 2.37. The first kappa shape index (κ1) is 15.0. The molecule has 0 aliphatic carbocycles. The highest BCUT2D eigenvalue weighted by molar-refractivity contribution is 6.03. The van der Waals surface area contributed by atoms with E-state index in [4.69, 9.17) is 0 Å². The van der Waals surface area contributed by atoms with Crippen molar-refractivity contribution in [1.29, 1.82) is 0 Å². The lowest BCUT2D eigenvalue weighted by molar-refractivity contribution is -0.121. The molecule has 2 aromatic rings. The van der Waals surface area contributed by atoms with Gasteiger partial charge in [-0.15, -0.1) is 0 Å². The number of piperidine rings is 1. The number of fused-ring (bicyclic) bond motifs is 1. The number of anilines is 1. The Bertz CT molecular complexity index is 654. The zero-order valence-corrected chi connectivity index (χ0v) is 13.4. The molecule has 1 aliphatic heterocycles. The largest absolute Gasteiger partial charge is 0.324 e. The predicted molar refractivity (Wildman–Crippen MR) is 92.0 cm³/mol. The zero-order chi connectivity index (χ0) is 15.5. The molecule has 0 radical (unpaired) electrons. The summed E-state index contributed by atoms with van der Waals surface area (Å²) in [7, 11) is 0. The van der Waals surface area contributed by atoms with Crippen LogP contribution in [0, 0.1) is 5.92 Å². The molecule has 116 valence electrons. The molecule has 3 heteroatoms. The third-order valence-corrected chi connectivity index (χ3v) is 4.79.